The maximum Gasteiger partial charge on any atom is 0.119 e. The van der Waals surface area contributed by atoms with Gasteiger partial charge in [0.15, 0.2) is 0 Å². The van der Waals surface area contributed by atoms with Crippen LogP contribution in [0.25, 0.3) is 0 Å². The number of hydrogen-bond acceptors (Lipinski definition) is 2. The minimum atomic E-state index is 0.657. The number of nitrogens with zero attached hydrogens (tertiary/aromatic N) is 1. The van der Waals surface area contributed by atoms with Crippen LogP contribution in [-0.2, 0) is 0 Å². The molecule has 0 heterocycles. The second-order valence-electron chi connectivity index (χ2n) is 4.72. The minimum Gasteiger partial charge on any atom is -0.492 e. The molecule has 0 saturated carbocycles. The smallest absolute Gasteiger partial charge is 0.119 e. The number of halogens is 1. The van der Waals surface area contributed by atoms with Gasteiger partial charge < -0.3 is 9.64 Å². The molecule has 2 aromatic rings. The molecule has 0 radical (unpaired) electrons. The number of likely N-dealkylation sites (N-methyl/N-ethyl adjacent to an activating group) is 1. The fourth-order valence-electron chi connectivity index (χ4n) is 2.12. The predicted molar refractivity (Wildman–Crippen MR) is 86.0 cm³/mol. The van der Waals surface area contributed by atoms with E-state index in [1.165, 1.54) is 5.56 Å². The SMILES string of the molecule is CCN(CCOc1cccc(C)c1)c1cccc(Cl)c1. The van der Waals surface area contributed by atoms with Gasteiger partial charge in [0.2, 0.25) is 0 Å². The first kappa shape index (κ1) is 14.7. The first-order valence-corrected chi connectivity index (χ1v) is 7.27. The standard InChI is InChI=1S/C17H20ClNO/c1-3-19(16-8-5-7-15(18)13-16)10-11-20-17-9-4-6-14(2)12-17/h4-9,12-13H,3,10-11H2,1-2H3. The number of rotatable bonds is 6. The molecule has 106 valence electrons. The first-order valence-electron chi connectivity index (χ1n) is 6.89. The van der Waals surface area contributed by atoms with E-state index in [4.69, 9.17) is 16.3 Å². The third-order valence-electron chi connectivity index (χ3n) is 3.17. The van der Waals surface area contributed by atoms with E-state index in [9.17, 15) is 0 Å². The van der Waals surface area contributed by atoms with E-state index in [1.807, 2.05) is 30.3 Å². The highest BCUT2D eigenvalue weighted by atomic mass is 35.5. The van der Waals surface area contributed by atoms with E-state index in [-0.39, 0.29) is 0 Å². The van der Waals surface area contributed by atoms with Crippen LogP contribution in [0.3, 0.4) is 0 Å². The lowest BCUT2D eigenvalue weighted by molar-refractivity contribution is 0.324. The van der Waals surface area contributed by atoms with Crippen LogP contribution in [0.15, 0.2) is 48.5 Å². The Kier molecular flexibility index (Phi) is 5.31. The van der Waals surface area contributed by atoms with Crippen molar-refractivity contribution in [3.8, 4) is 5.75 Å². The summed E-state index contributed by atoms with van der Waals surface area (Å²) in [6.45, 7) is 6.62. The number of aryl methyl sites for hydroxylation is 1. The number of ether oxygens (including phenoxy) is 1. The summed E-state index contributed by atoms with van der Waals surface area (Å²) >= 11 is 6.04. The molecule has 2 nitrogen and oxygen atoms in total. The molecule has 20 heavy (non-hydrogen) atoms. The van der Waals surface area contributed by atoms with Gasteiger partial charge in [0.1, 0.15) is 12.4 Å². The van der Waals surface area contributed by atoms with Gasteiger partial charge in [-0.25, -0.2) is 0 Å². The zero-order chi connectivity index (χ0) is 14.4. The Labute approximate surface area is 125 Å². The molecular weight excluding hydrogens is 270 g/mol. The Balaban J connectivity index is 1.91. The molecule has 0 aliphatic heterocycles. The molecule has 0 atom stereocenters. The second kappa shape index (κ2) is 7.20. The summed E-state index contributed by atoms with van der Waals surface area (Å²) in [6, 6.07) is 16.0. The van der Waals surface area contributed by atoms with E-state index in [1.54, 1.807) is 0 Å². The van der Waals surface area contributed by atoms with E-state index in [0.29, 0.717) is 6.61 Å². The third kappa shape index (κ3) is 4.17. The topological polar surface area (TPSA) is 12.5 Å². The molecule has 2 aromatic carbocycles. The molecule has 3 heteroatoms. The summed E-state index contributed by atoms with van der Waals surface area (Å²) in [5.74, 6) is 0.923. The van der Waals surface area contributed by atoms with Gasteiger partial charge in [-0.1, -0.05) is 29.8 Å². The zero-order valence-electron chi connectivity index (χ0n) is 12.0. The average molecular weight is 290 g/mol. The Hall–Kier alpha value is -1.67. The van der Waals surface area contributed by atoms with Gasteiger partial charge in [0.05, 0.1) is 6.54 Å². The van der Waals surface area contributed by atoms with Crippen molar-refractivity contribution in [1.29, 1.82) is 0 Å². The minimum absolute atomic E-state index is 0.657. The van der Waals surface area contributed by atoms with Crippen molar-refractivity contribution in [3.63, 3.8) is 0 Å². The highest BCUT2D eigenvalue weighted by Gasteiger charge is 2.05. The molecule has 0 N–H and O–H groups in total. The van der Waals surface area contributed by atoms with Crippen LogP contribution in [0.2, 0.25) is 5.02 Å². The van der Waals surface area contributed by atoms with Gasteiger partial charge in [-0.05, 0) is 49.7 Å². The predicted octanol–water partition coefficient (Wildman–Crippen LogP) is 4.55. The molecule has 0 saturated heterocycles. The lowest BCUT2D eigenvalue weighted by atomic mass is 10.2. The fraction of sp³-hybridized carbons (Fsp3) is 0.294. The number of anilines is 1. The first-order chi connectivity index (χ1) is 9.69. The van der Waals surface area contributed by atoms with Crippen molar-refractivity contribution < 1.29 is 4.74 Å². The van der Waals surface area contributed by atoms with Gasteiger partial charge in [-0.15, -0.1) is 0 Å². The maximum atomic E-state index is 6.04. The van der Waals surface area contributed by atoms with Crippen molar-refractivity contribution in [2.45, 2.75) is 13.8 Å². The van der Waals surface area contributed by atoms with Crippen molar-refractivity contribution >= 4 is 17.3 Å². The summed E-state index contributed by atoms with van der Waals surface area (Å²) in [7, 11) is 0. The normalized spacial score (nSPS) is 10.3. The molecule has 0 unspecified atom stereocenters. The fourth-order valence-corrected chi connectivity index (χ4v) is 2.31. The van der Waals surface area contributed by atoms with Gasteiger partial charge in [0, 0.05) is 17.3 Å². The lowest BCUT2D eigenvalue weighted by Crippen LogP contribution is -2.28. The van der Waals surface area contributed by atoms with Crippen LogP contribution in [0.1, 0.15) is 12.5 Å². The van der Waals surface area contributed by atoms with Crippen LogP contribution in [-0.4, -0.2) is 19.7 Å². The molecule has 0 spiro atoms. The summed E-state index contributed by atoms with van der Waals surface area (Å²) in [6.07, 6.45) is 0. The quantitative estimate of drug-likeness (QED) is 0.773. The van der Waals surface area contributed by atoms with Crippen molar-refractivity contribution in [2.75, 3.05) is 24.6 Å². The molecule has 0 aromatic heterocycles. The highest BCUT2D eigenvalue weighted by molar-refractivity contribution is 6.30. The van der Waals surface area contributed by atoms with E-state index in [2.05, 4.69) is 36.9 Å². The van der Waals surface area contributed by atoms with Gasteiger partial charge >= 0.3 is 0 Å². The molecule has 0 bridgehead atoms. The van der Waals surface area contributed by atoms with Crippen molar-refractivity contribution in [2.24, 2.45) is 0 Å². The van der Waals surface area contributed by atoms with Crippen LogP contribution in [0.5, 0.6) is 5.75 Å². The molecule has 0 amide bonds. The monoisotopic (exact) mass is 289 g/mol. The molecule has 0 aliphatic rings. The highest BCUT2D eigenvalue weighted by Crippen LogP contribution is 2.19. The van der Waals surface area contributed by atoms with Gasteiger partial charge in [-0.3, -0.25) is 0 Å². The van der Waals surface area contributed by atoms with E-state index >= 15 is 0 Å². The van der Waals surface area contributed by atoms with Crippen LogP contribution in [0.4, 0.5) is 5.69 Å². The van der Waals surface area contributed by atoms with Crippen molar-refractivity contribution in [3.05, 3.63) is 59.1 Å². The lowest BCUT2D eigenvalue weighted by Gasteiger charge is -2.23. The average Bonchev–Trinajstić information content (AvgIpc) is 2.44. The third-order valence-corrected chi connectivity index (χ3v) is 3.41. The second-order valence-corrected chi connectivity index (χ2v) is 5.16. The molecular formula is C17H20ClNO. The van der Waals surface area contributed by atoms with Crippen molar-refractivity contribution in [1.82, 2.24) is 0 Å². The zero-order valence-corrected chi connectivity index (χ0v) is 12.7. The Bertz CT molecular complexity index is 556. The number of hydrogen-bond donors (Lipinski definition) is 0. The Morgan fingerprint density at radius 2 is 1.90 bits per heavy atom. The number of benzene rings is 2. The Morgan fingerprint density at radius 1 is 1.10 bits per heavy atom. The summed E-state index contributed by atoms with van der Waals surface area (Å²) < 4.78 is 5.80. The van der Waals surface area contributed by atoms with E-state index < -0.39 is 0 Å². The largest absolute Gasteiger partial charge is 0.492 e. The Morgan fingerprint density at radius 3 is 2.60 bits per heavy atom. The van der Waals surface area contributed by atoms with Crippen LogP contribution in [0, 0.1) is 6.92 Å². The van der Waals surface area contributed by atoms with Crippen LogP contribution < -0.4 is 9.64 Å². The molecule has 2 rings (SSSR count). The van der Waals surface area contributed by atoms with Gasteiger partial charge in [-0.2, -0.15) is 0 Å². The summed E-state index contributed by atoms with van der Waals surface area (Å²) in [5, 5.41) is 0.764. The summed E-state index contributed by atoms with van der Waals surface area (Å²) in [4.78, 5) is 2.25. The maximum absolute atomic E-state index is 6.04. The van der Waals surface area contributed by atoms with Gasteiger partial charge in [0.25, 0.3) is 0 Å². The molecule has 0 fully saturated rings. The summed E-state index contributed by atoms with van der Waals surface area (Å²) in [5.41, 5.74) is 2.34. The van der Waals surface area contributed by atoms with Crippen LogP contribution >= 0.6 is 11.6 Å². The molecule has 0 aliphatic carbocycles. The van der Waals surface area contributed by atoms with E-state index in [0.717, 1.165) is 29.5 Å².